The molecule has 94 valence electrons. The Kier molecular flexibility index (Phi) is 2.99. The van der Waals surface area contributed by atoms with Gasteiger partial charge in [-0.1, -0.05) is 18.2 Å². The van der Waals surface area contributed by atoms with Crippen molar-refractivity contribution >= 4 is 5.82 Å². The van der Waals surface area contributed by atoms with E-state index in [4.69, 9.17) is 10.00 Å². The predicted molar refractivity (Wildman–Crippen MR) is 69.7 cm³/mol. The molecule has 2 aromatic rings. The molecular formula is C14H12N4O. The van der Waals surface area contributed by atoms with Gasteiger partial charge in [0.2, 0.25) is 0 Å². The molecule has 0 atom stereocenters. The average Bonchev–Trinajstić information content (AvgIpc) is 2.69. The number of hydrogen-bond donors (Lipinski definition) is 0. The third-order valence-electron chi connectivity index (χ3n) is 3.04. The Morgan fingerprint density at radius 1 is 1.21 bits per heavy atom. The minimum atomic E-state index is 0.349. The summed E-state index contributed by atoms with van der Waals surface area (Å²) in [7, 11) is 0. The Labute approximate surface area is 111 Å². The molecule has 5 heteroatoms. The zero-order chi connectivity index (χ0) is 13.1. The summed E-state index contributed by atoms with van der Waals surface area (Å²) in [5.41, 5.74) is 1.44. The normalized spacial score (nSPS) is 13.9. The molecule has 1 aliphatic heterocycles. The lowest BCUT2D eigenvalue weighted by molar-refractivity contribution is 0.331. The van der Waals surface area contributed by atoms with Crippen molar-refractivity contribution in [1.82, 2.24) is 9.97 Å². The number of anilines is 1. The number of hydrogen-bond acceptors (Lipinski definition) is 5. The number of rotatable bonds is 1. The van der Waals surface area contributed by atoms with E-state index in [1.807, 2.05) is 29.2 Å². The summed E-state index contributed by atoms with van der Waals surface area (Å²) < 4.78 is 5.70. The van der Waals surface area contributed by atoms with Crippen LogP contribution < -0.4 is 9.64 Å². The van der Waals surface area contributed by atoms with Crippen LogP contribution in [-0.4, -0.2) is 23.1 Å². The molecule has 0 aliphatic carbocycles. The summed E-state index contributed by atoms with van der Waals surface area (Å²) >= 11 is 0. The third-order valence-corrected chi connectivity index (χ3v) is 3.04. The van der Waals surface area contributed by atoms with Gasteiger partial charge in [0.15, 0.2) is 11.5 Å². The highest BCUT2D eigenvalue weighted by Crippen LogP contribution is 2.25. The average molecular weight is 252 g/mol. The van der Waals surface area contributed by atoms with Crippen LogP contribution in [0.3, 0.4) is 0 Å². The van der Waals surface area contributed by atoms with E-state index in [0.717, 1.165) is 11.3 Å². The molecule has 0 amide bonds. The largest absolute Gasteiger partial charge is 0.491 e. The first kappa shape index (κ1) is 11.5. The molecule has 0 radical (unpaired) electrons. The smallest absolute Gasteiger partial charge is 0.183 e. The molecule has 0 unspecified atom stereocenters. The maximum absolute atomic E-state index is 9.10. The van der Waals surface area contributed by atoms with Crippen LogP contribution in [0.5, 0.6) is 5.75 Å². The maximum Gasteiger partial charge on any atom is 0.183 e. The Morgan fingerprint density at radius 2 is 2.05 bits per heavy atom. The van der Waals surface area contributed by atoms with Crippen molar-refractivity contribution in [1.29, 1.82) is 5.26 Å². The Hall–Kier alpha value is -2.61. The molecule has 19 heavy (non-hydrogen) atoms. The van der Waals surface area contributed by atoms with Crippen LogP contribution in [0.4, 0.5) is 5.82 Å². The van der Waals surface area contributed by atoms with E-state index in [1.165, 1.54) is 6.20 Å². The lowest BCUT2D eigenvalue weighted by Crippen LogP contribution is -2.27. The lowest BCUT2D eigenvalue weighted by Gasteiger charge is -2.20. The second kappa shape index (κ2) is 4.94. The zero-order valence-electron chi connectivity index (χ0n) is 10.3. The fraction of sp³-hybridized carbons (Fsp3) is 0.214. The van der Waals surface area contributed by atoms with Crippen molar-refractivity contribution < 1.29 is 4.74 Å². The molecule has 3 rings (SSSR count). The number of ether oxygens (including phenoxy) is 1. The SMILES string of the molecule is N#Cc1nccnc1N1CCOc2ccccc2C1. The highest BCUT2D eigenvalue weighted by atomic mass is 16.5. The highest BCUT2D eigenvalue weighted by molar-refractivity contribution is 5.51. The van der Waals surface area contributed by atoms with Crippen LogP contribution in [0.15, 0.2) is 36.7 Å². The molecule has 0 saturated carbocycles. The summed E-state index contributed by atoms with van der Waals surface area (Å²) in [6, 6.07) is 10.00. The van der Waals surface area contributed by atoms with E-state index in [9.17, 15) is 0 Å². The summed E-state index contributed by atoms with van der Waals surface area (Å²) in [5.74, 6) is 1.51. The summed E-state index contributed by atoms with van der Waals surface area (Å²) in [6.45, 7) is 1.92. The first-order chi connectivity index (χ1) is 9.38. The number of nitriles is 1. The molecule has 2 heterocycles. The van der Waals surface area contributed by atoms with Crippen LogP contribution in [0, 0.1) is 11.3 Å². The Bertz CT molecular complexity index is 635. The lowest BCUT2D eigenvalue weighted by atomic mass is 10.2. The van der Waals surface area contributed by atoms with Crippen LogP contribution >= 0.6 is 0 Å². The van der Waals surface area contributed by atoms with Crippen LogP contribution in [0.1, 0.15) is 11.3 Å². The van der Waals surface area contributed by atoms with Crippen molar-refractivity contribution in [2.24, 2.45) is 0 Å². The molecule has 0 bridgehead atoms. The fourth-order valence-electron chi connectivity index (χ4n) is 2.15. The molecule has 5 nitrogen and oxygen atoms in total. The molecule has 0 N–H and O–H groups in total. The summed E-state index contributed by atoms with van der Waals surface area (Å²) in [6.07, 6.45) is 3.14. The van der Waals surface area contributed by atoms with E-state index in [0.29, 0.717) is 31.2 Å². The van der Waals surface area contributed by atoms with Gasteiger partial charge >= 0.3 is 0 Å². The number of aromatic nitrogens is 2. The first-order valence-corrected chi connectivity index (χ1v) is 6.05. The van der Waals surface area contributed by atoms with Crippen molar-refractivity contribution in [3.63, 3.8) is 0 Å². The molecule has 1 aromatic heterocycles. The van der Waals surface area contributed by atoms with Crippen LogP contribution in [0.2, 0.25) is 0 Å². The molecule has 1 aromatic carbocycles. The predicted octanol–water partition coefficient (Wildman–Crippen LogP) is 1.75. The number of para-hydroxylation sites is 1. The standard InChI is InChI=1S/C14H12N4O/c15-9-12-14(17-6-5-16-12)18-7-8-19-13-4-2-1-3-11(13)10-18/h1-6H,7-8,10H2. The number of nitrogens with zero attached hydrogens (tertiary/aromatic N) is 4. The third kappa shape index (κ3) is 2.20. The van der Waals surface area contributed by atoms with Gasteiger partial charge in [0, 0.05) is 24.5 Å². The number of fused-ring (bicyclic) bond motifs is 1. The van der Waals surface area contributed by atoms with Gasteiger partial charge in [-0.3, -0.25) is 0 Å². The summed E-state index contributed by atoms with van der Waals surface area (Å²) in [5, 5.41) is 9.10. The fourth-order valence-corrected chi connectivity index (χ4v) is 2.15. The van der Waals surface area contributed by atoms with Crippen molar-refractivity contribution in [2.45, 2.75) is 6.54 Å². The van der Waals surface area contributed by atoms with E-state index in [-0.39, 0.29) is 0 Å². The first-order valence-electron chi connectivity index (χ1n) is 6.05. The van der Waals surface area contributed by atoms with Gasteiger partial charge in [-0.25, -0.2) is 9.97 Å². The molecular weight excluding hydrogens is 240 g/mol. The second-order valence-corrected chi connectivity index (χ2v) is 4.22. The molecule has 0 fully saturated rings. The van der Waals surface area contributed by atoms with Crippen molar-refractivity contribution in [2.75, 3.05) is 18.1 Å². The maximum atomic E-state index is 9.10. The van der Waals surface area contributed by atoms with Gasteiger partial charge < -0.3 is 9.64 Å². The Morgan fingerprint density at radius 3 is 2.95 bits per heavy atom. The Balaban J connectivity index is 1.97. The van der Waals surface area contributed by atoms with Crippen LogP contribution in [0.25, 0.3) is 0 Å². The molecule has 0 spiro atoms. The minimum absolute atomic E-state index is 0.349. The summed E-state index contributed by atoms with van der Waals surface area (Å²) in [4.78, 5) is 10.4. The molecule has 1 aliphatic rings. The number of benzene rings is 1. The zero-order valence-corrected chi connectivity index (χ0v) is 10.3. The van der Waals surface area contributed by atoms with Crippen molar-refractivity contribution in [3.8, 4) is 11.8 Å². The van der Waals surface area contributed by atoms with Gasteiger partial charge in [0.05, 0.1) is 6.54 Å². The monoisotopic (exact) mass is 252 g/mol. The highest BCUT2D eigenvalue weighted by Gasteiger charge is 2.19. The quantitative estimate of drug-likeness (QED) is 0.773. The van der Waals surface area contributed by atoms with E-state index in [2.05, 4.69) is 16.0 Å². The van der Waals surface area contributed by atoms with Gasteiger partial charge in [-0.15, -0.1) is 0 Å². The second-order valence-electron chi connectivity index (χ2n) is 4.22. The van der Waals surface area contributed by atoms with Gasteiger partial charge in [-0.05, 0) is 6.07 Å². The van der Waals surface area contributed by atoms with Crippen LogP contribution in [-0.2, 0) is 6.54 Å². The van der Waals surface area contributed by atoms with E-state index >= 15 is 0 Å². The van der Waals surface area contributed by atoms with Gasteiger partial charge in [0.25, 0.3) is 0 Å². The molecule has 0 saturated heterocycles. The minimum Gasteiger partial charge on any atom is -0.491 e. The topological polar surface area (TPSA) is 62.0 Å². The van der Waals surface area contributed by atoms with E-state index < -0.39 is 0 Å². The van der Waals surface area contributed by atoms with E-state index in [1.54, 1.807) is 6.20 Å². The van der Waals surface area contributed by atoms with Gasteiger partial charge in [0.1, 0.15) is 18.4 Å². The van der Waals surface area contributed by atoms with Crippen molar-refractivity contribution in [3.05, 3.63) is 47.9 Å². The van der Waals surface area contributed by atoms with Gasteiger partial charge in [-0.2, -0.15) is 5.26 Å².